The summed E-state index contributed by atoms with van der Waals surface area (Å²) in [4.78, 5) is 12.3. The summed E-state index contributed by atoms with van der Waals surface area (Å²) in [5.74, 6) is -0.378. The number of nitriles is 2. The van der Waals surface area contributed by atoms with Crippen LogP contribution >= 0.6 is 15.9 Å². The molecule has 2 aliphatic heterocycles. The highest BCUT2D eigenvalue weighted by Gasteiger charge is 2.69. The molecule has 0 saturated carbocycles. The first-order chi connectivity index (χ1) is 8.53. The van der Waals surface area contributed by atoms with E-state index < -0.39 is 10.8 Å². The first-order valence-corrected chi connectivity index (χ1v) is 6.62. The average Bonchev–Trinajstić information content (AvgIpc) is 2.53. The molecule has 2 heterocycles. The van der Waals surface area contributed by atoms with E-state index in [9.17, 15) is 15.3 Å². The predicted octanol–water partition coefficient (Wildman–Crippen LogP) is 1.49. The lowest BCUT2D eigenvalue weighted by molar-refractivity contribution is -0.125. The lowest BCUT2D eigenvalue weighted by atomic mass is 9.57. The summed E-state index contributed by atoms with van der Waals surface area (Å²) in [5, 5.41) is 24.8. The van der Waals surface area contributed by atoms with Crippen LogP contribution in [0.15, 0.2) is 10.2 Å². The third kappa shape index (κ3) is 1.12. The maximum absolute atomic E-state index is 12.3. The quantitative estimate of drug-likeness (QED) is 0.756. The van der Waals surface area contributed by atoms with Crippen LogP contribution in [0.3, 0.4) is 0 Å². The summed E-state index contributed by atoms with van der Waals surface area (Å²) < 4.78 is 0.437. The number of nitrogens with zero attached hydrogens (tertiary/aromatic N) is 2. The minimum absolute atomic E-state index is 0.181. The van der Waals surface area contributed by atoms with Crippen molar-refractivity contribution in [3.05, 3.63) is 10.2 Å². The second kappa shape index (κ2) is 4.00. The van der Waals surface area contributed by atoms with Gasteiger partial charge in [-0.1, -0.05) is 13.8 Å². The van der Waals surface area contributed by atoms with Gasteiger partial charge in [-0.3, -0.25) is 4.79 Å². The molecular weight excluding hydrogens is 296 g/mol. The Morgan fingerprint density at radius 2 is 1.94 bits per heavy atom. The molecule has 1 amide bonds. The lowest BCUT2D eigenvalue weighted by Crippen LogP contribution is -2.55. The van der Waals surface area contributed by atoms with Crippen LogP contribution in [0.1, 0.15) is 26.7 Å². The van der Waals surface area contributed by atoms with E-state index in [1.165, 1.54) is 0 Å². The molecule has 18 heavy (non-hydrogen) atoms. The van der Waals surface area contributed by atoms with Crippen molar-refractivity contribution in [3.63, 3.8) is 0 Å². The lowest BCUT2D eigenvalue weighted by Gasteiger charge is -2.44. The van der Waals surface area contributed by atoms with Gasteiger partial charge in [-0.15, -0.1) is 0 Å². The minimum atomic E-state index is -1.39. The molecule has 94 valence electrons. The Bertz CT molecular complexity index is 523. The Kier molecular flexibility index (Phi) is 2.87. The standard InChI is InChI=1S/C12H13BrN4O/c1-3-11(4-2)9-16-8(13)7(5-14)12(11,6-15)10(18)17-9/h9,16H,3-4H2,1-2H3,(H,17,18)/t9-,12-/m1/s1. The van der Waals surface area contributed by atoms with E-state index in [4.69, 9.17) is 0 Å². The molecule has 2 aliphatic rings. The summed E-state index contributed by atoms with van der Waals surface area (Å²) in [5.41, 5.74) is -1.79. The summed E-state index contributed by atoms with van der Waals surface area (Å²) in [6.45, 7) is 3.89. The van der Waals surface area contributed by atoms with Crippen LogP contribution in [-0.4, -0.2) is 12.1 Å². The van der Waals surface area contributed by atoms with E-state index in [-0.39, 0.29) is 17.6 Å². The van der Waals surface area contributed by atoms with E-state index in [2.05, 4.69) is 32.6 Å². The van der Waals surface area contributed by atoms with Crippen LogP contribution in [0.2, 0.25) is 0 Å². The Morgan fingerprint density at radius 3 is 2.39 bits per heavy atom. The molecule has 2 bridgehead atoms. The van der Waals surface area contributed by atoms with Crippen molar-refractivity contribution in [1.82, 2.24) is 10.6 Å². The van der Waals surface area contributed by atoms with Crippen molar-refractivity contribution in [2.45, 2.75) is 32.9 Å². The summed E-state index contributed by atoms with van der Waals surface area (Å²) >= 11 is 3.25. The second-order valence-corrected chi connectivity index (χ2v) is 5.37. The van der Waals surface area contributed by atoms with E-state index in [1.54, 1.807) is 0 Å². The van der Waals surface area contributed by atoms with Gasteiger partial charge in [0, 0.05) is 5.41 Å². The first-order valence-electron chi connectivity index (χ1n) is 5.83. The van der Waals surface area contributed by atoms with Crippen molar-refractivity contribution >= 4 is 21.8 Å². The van der Waals surface area contributed by atoms with Crippen LogP contribution in [0.5, 0.6) is 0 Å². The van der Waals surface area contributed by atoms with Gasteiger partial charge in [0.15, 0.2) is 5.41 Å². The molecule has 2 N–H and O–H groups in total. The van der Waals surface area contributed by atoms with Crippen molar-refractivity contribution in [3.8, 4) is 12.1 Å². The monoisotopic (exact) mass is 308 g/mol. The highest BCUT2D eigenvalue weighted by atomic mass is 79.9. The van der Waals surface area contributed by atoms with Gasteiger partial charge in [0.25, 0.3) is 0 Å². The van der Waals surface area contributed by atoms with Gasteiger partial charge >= 0.3 is 0 Å². The molecule has 0 aromatic heterocycles. The highest BCUT2D eigenvalue weighted by molar-refractivity contribution is 9.11. The highest BCUT2D eigenvalue weighted by Crippen LogP contribution is 2.58. The van der Waals surface area contributed by atoms with Crippen molar-refractivity contribution in [2.75, 3.05) is 0 Å². The molecular formula is C12H13BrN4O. The fourth-order valence-electron chi connectivity index (χ4n) is 3.26. The SMILES string of the molecule is CCC1(CC)[C@H]2NC(=O)[C@@]1(C#N)C(C#N)=C(Br)N2. The van der Waals surface area contributed by atoms with Gasteiger partial charge in [-0.2, -0.15) is 10.5 Å². The number of hydrogen-bond acceptors (Lipinski definition) is 4. The molecule has 2 atom stereocenters. The molecule has 0 aliphatic carbocycles. The maximum Gasteiger partial charge on any atom is 0.248 e. The molecule has 6 heteroatoms. The van der Waals surface area contributed by atoms with Crippen molar-refractivity contribution in [1.29, 1.82) is 10.5 Å². The molecule has 0 aromatic rings. The zero-order valence-corrected chi connectivity index (χ0v) is 11.8. The maximum atomic E-state index is 12.3. The van der Waals surface area contributed by atoms with E-state index in [0.29, 0.717) is 17.4 Å². The van der Waals surface area contributed by atoms with E-state index in [1.807, 2.05) is 19.9 Å². The van der Waals surface area contributed by atoms with Gasteiger partial charge in [0.2, 0.25) is 5.91 Å². The Labute approximate surface area is 114 Å². The van der Waals surface area contributed by atoms with Crippen LogP contribution in [0.25, 0.3) is 0 Å². The molecule has 0 unspecified atom stereocenters. The molecule has 0 aromatic carbocycles. The van der Waals surface area contributed by atoms with Gasteiger partial charge in [0.1, 0.15) is 6.17 Å². The molecule has 1 saturated heterocycles. The predicted molar refractivity (Wildman–Crippen MR) is 67.7 cm³/mol. The number of carbonyl (C=O) groups excluding carboxylic acids is 1. The fraction of sp³-hybridized carbons (Fsp3) is 0.583. The summed E-state index contributed by atoms with van der Waals surface area (Å²) in [6, 6.07) is 4.13. The fourth-order valence-corrected chi connectivity index (χ4v) is 3.87. The molecule has 5 nitrogen and oxygen atoms in total. The number of carbonyl (C=O) groups is 1. The number of halogens is 1. The number of amides is 1. The van der Waals surface area contributed by atoms with E-state index >= 15 is 0 Å². The Balaban J connectivity index is 2.81. The topological polar surface area (TPSA) is 88.7 Å². The largest absolute Gasteiger partial charge is 0.358 e. The third-order valence-electron chi connectivity index (χ3n) is 4.32. The zero-order chi connectivity index (χ0) is 13.6. The summed E-state index contributed by atoms with van der Waals surface area (Å²) in [6.07, 6.45) is 0.962. The number of rotatable bonds is 2. The Hall–Kier alpha value is -1.53. The third-order valence-corrected chi connectivity index (χ3v) is 4.95. The normalized spacial score (nSPS) is 32.3. The molecule has 0 radical (unpaired) electrons. The van der Waals surface area contributed by atoms with E-state index in [0.717, 1.165) is 0 Å². The molecule has 1 fully saturated rings. The number of fused-ring (bicyclic) bond motifs is 2. The minimum Gasteiger partial charge on any atom is -0.358 e. The van der Waals surface area contributed by atoms with Gasteiger partial charge in [-0.25, -0.2) is 0 Å². The first kappa shape index (κ1) is 12.9. The second-order valence-electron chi connectivity index (χ2n) is 4.58. The van der Waals surface area contributed by atoms with Gasteiger partial charge < -0.3 is 10.6 Å². The van der Waals surface area contributed by atoms with Gasteiger partial charge in [0.05, 0.1) is 22.3 Å². The van der Waals surface area contributed by atoms with Crippen LogP contribution in [-0.2, 0) is 4.79 Å². The Morgan fingerprint density at radius 1 is 1.33 bits per heavy atom. The van der Waals surface area contributed by atoms with Crippen LogP contribution in [0.4, 0.5) is 0 Å². The molecule has 2 rings (SSSR count). The smallest absolute Gasteiger partial charge is 0.248 e. The summed E-state index contributed by atoms with van der Waals surface area (Å²) in [7, 11) is 0. The average molecular weight is 309 g/mol. The van der Waals surface area contributed by atoms with Crippen molar-refractivity contribution < 1.29 is 4.79 Å². The van der Waals surface area contributed by atoms with Gasteiger partial charge in [-0.05, 0) is 28.8 Å². The molecule has 0 spiro atoms. The van der Waals surface area contributed by atoms with Crippen LogP contribution in [0, 0.1) is 33.5 Å². The van der Waals surface area contributed by atoms with Crippen LogP contribution < -0.4 is 10.6 Å². The van der Waals surface area contributed by atoms with Crippen molar-refractivity contribution in [2.24, 2.45) is 10.8 Å². The number of hydrogen-bond donors (Lipinski definition) is 2. The number of nitrogens with one attached hydrogen (secondary N) is 2. The zero-order valence-electron chi connectivity index (χ0n) is 10.2.